The number of benzene rings is 2. The summed E-state index contributed by atoms with van der Waals surface area (Å²) in [4.78, 5) is 5.50. The van der Waals surface area contributed by atoms with Gasteiger partial charge in [0.05, 0.1) is 0 Å². The van der Waals surface area contributed by atoms with Gasteiger partial charge in [-0.05, 0) is 41.1 Å². The van der Waals surface area contributed by atoms with Crippen molar-refractivity contribution in [2.75, 3.05) is 4.98 Å². The van der Waals surface area contributed by atoms with Gasteiger partial charge in [-0.15, -0.1) is 11.8 Å². The predicted molar refractivity (Wildman–Crippen MR) is 108 cm³/mol. The standard InChI is InChI=1S/C21H27NSSi/c1-14-15(2)21(24(3,4)22-16-10-6-5-7-11-16)20-19(14)17-12-8-9-13-18(17)23-20/h5-15,19-22H,1-4H3. The molecule has 2 aliphatic rings. The molecule has 1 N–H and O–H groups in total. The van der Waals surface area contributed by atoms with Gasteiger partial charge < -0.3 is 4.98 Å². The summed E-state index contributed by atoms with van der Waals surface area (Å²) in [5.41, 5.74) is 3.69. The second kappa shape index (κ2) is 5.96. The minimum absolute atomic E-state index is 0.732. The molecular weight excluding hydrogens is 326 g/mol. The maximum absolute atomic E-state index is 3.98. The monoisotopic (exact) mass is 353 g/mol. The van der Waals surface area contributed by atoms with E-state index in [1.165, 1.54) is 10.6 Å². The predicted octanol–water partition coefficient (Wildman–Crippen LogP) is 6.22. The van der Waals surface area contributed by atoms with Crippen LogP contribution in [-0.4, -0.2) is 13.5 Å². The third kappa shape index (κ3) is 2.53. The maximum atomic E-state index is 3.98. The highest BCUT2D eigenvalue weighted by molar-refractivity contribution is 8.00. The van der Waals surface area contributed by atoms with Crippen molar-refractivity contribution >= 4 is 25.7 Å². The SMILES string of the molecule is CC1C(C)C([Si](C)(C)Nc2ccccc2)C2Sc3ccccc3C12. The number of rotatable bonds is 3. The molecule has 0 radical (unpaired) electrons. The molecule has 2 aromatic rings. The molecular formula is C21H27NSSi. The Hall–Kier alpha value is -1.19. The van der Waals surface area contributed by atoms with Crippen molar-refractivity contribution in [1.29, 1.82) is 0 Å². The molecule has 0 saturated heterocycles. The fraction of sp³-hybridized carbons (Fsp3) is 0.429. The molecule has 1 heterocycles. The third-order valence-electron chi connectivity index (χ3n) is 6.28. The fourth-order valence-corrected chi connectivity index (χ4v) is 11.8. The highest BCUT2D eigenvalue weighted by atomic mass is 32.2. The third-order valence-corrected chi connectivity index (χ3v) is 11.5. The van der Waals surface area contributed by atoms with Gasteiger partial charge in [-0.3, -0.25) is 0 Å². The van der Waals surface area contributed by atoms with Gasteiger partial charge >= 0.3 is 0 Å². The number of hydrogen-bond donors (Lipinski definition) is 1. The van der Waals surface area contributed by atoms with Crippen molar-refractivity contribution in [3.8, 4) is 0 Å². The van der Waals surface area contributed by atoms with Gasteiger partial charge in [0.1, 0.15) is 0 Å². The van der Waals surface area contributed by atoms with Crippen molar-refractivity contribution < 1.29 is 0 Å². The van der Waals surface area contributed by atoms with E-state index in [9.17, 15) is 0 Å². The molecule has 24 heavy (non-hydrogen) atoms. The summed E-state index contributed by atoms with van der Waals surface area (Å²) < 4.78 is 0. The van der Waals surface area contributed by atoms with Crippen molar-refractivity contribution in [2.24, 2.45) is 11.8 Å². The molecule has 0 spiro atoms. The maximum Gasteiger partial charge on any atom is 0.151 e. The largest absolute Gasteiger partial charge is 0.410 e. The van der Waals surface area contributed by atoms with E-state index < -0.39 is 8.24 Å². The van der Waals surface area contributed by atoms with Gasteiger partial charge in [0.25, 0.3) is 0 Å². The average Bonchev–Trinajstić information content (AvgIpc) is 3.03. The smallest absolute Gasteiger partial charge is 0.151 e. The van der Waals surface area contributed by atoms with Crippen LogP contribution >= 0.6 is 11.8 Å². The molecule has 1 nitrogen and oxygen atoms in total. The van der Waals surface area contributed by atoms with Crippen molar-refractivity contribution in [1.82, 2.24) is 0 Å². The second-order valence-electron chi connectivity index (χ2n) is 8.10. The van der Waals surface area contributed by atoms with Gasteiger partial charge in [-0.2, -0.15) is 0 Å². The van der Waals surface area contributed by atoms with Crippen LogP contribution in [0.5, 0.6) is 0 Å². The Morgan fingerprint density at radius 2 is 1.54 bits per heavy atom. The first-order valence-corrected chi connectivity index (χ1v) is 13.0. The highest BCUT2D eigenvalue weighted by Gasteiger charge is 2.56. The molecule has 0 aromatic heterocycles. The molecule has 5 atom stereocenters. The van der Waals surface area contributed by atoms with Crippen LogP contribution in [0.3, 0.4) is 0 Å². The summed E-state index contributed by atoms with van der Waals surface area (Å²) >= 11 is 2.15. The molecule has 3 heteroatoms. The fourth-order valence-electron chi connectivity index (χ4n) is 5.14. The van der Waals surface area contributed by atoms with Gasteiger partial charge in [0.2, 0.25) is 0 Å². The summed E-state index contributed by atoms with van der Waals surface area (Å²) in [5.74, 6) is 2.27. The summed E-state index contributed by atoms with van der Waals surface area (Å²) in [6, 6.07) is 19.9. The molecule has 2 aromatic carbocycles. The van der Waals surface area contributed by atoms with Crippen LogP contribution in [0.1, 0.15) is 25.3 Å². The number of thioether (sulfide) groups is 1. The van der Waals surface area contributed by atoms with Crippen LogP contribution < -0.4 is 4.98 Å². The van der Waals surface area contributed by atoms with Crippen LogP contribution in [0, 0.1) is 11.8 Å². The number of nitrogens with one attached hydrogen (secondary N) is 1. The van der Waals surface area contributed by atoms with Gasteiger partial charge in [-0.25, -0.2) is 0 Å². The lowest BCUT2D eigenvalue weighted by molar-refractivity contribution is 0.419. The molecule has 1 aliphatic carbocycles. The Bertz CT molecular complexity index is 730. The molecule has 0 amide bonds. The summed E-state index contributed by atoms with van der Waals surface area (Å²) in [6.07, 6.45) is 0. The van der Waals surface area contributed by atoms with Crippen LogP contribution in [0.2, 0.25) is 18.6 Å². The van der Waals surface area contributed by atoms with E-state index in [0.29, 0.717) is 0 Å². The normalized spacial score (nSPS) is 31.6. The first-order chi connectivity index (χ1) is 11.5. The zero-order chi connectivity index (χ0) is 16.9. The van der Waals surface area contributed by atoms with E-state index >= 15 is 0 Å². The average molecular weight is 354 g/mol. The van der Waals surface area contributed by atoms with E-state index in [2.05, 4.69) is 98.3 Å². The van der Waals surface area contributed by atoms with E-state index in [1.807, 2.05) is 0 Å². The number of para-hydroxylation sites is 1. The highest BCUT2D eigenvalue weighted by Crippen LogP contribution is 2.64. The molecule has 126 valence electrons. The molecule has 4 rings (SSSR count). The lowest BCUT2D eigenvalue weighted by Crippen LogP contribution is -2.46. The van der Waals surface area contributed by atoms with Crippen molar-refractivity contribution in [2.45, 2.75) is 48.5 Å². The lowest BCUT2D eigenvalue weighted by Gasteiger charge is -2.37. The quantitative estimate of drug-likeness (QED) is 0.658. The van der Waals surface area contributed by atoms with Gasteiger partial charge in [0, 0.05) is 21.8 Å². The van der Waals surface area contributed by atoms with E-state index in [-0.39, 0.29) is 0 Å². The van der Waals surface area contributed by atoms with Crippen LogP contribution in [0.15, 0.2) is 59.5 Å². The lowest BCUT2D eigenvalue weighted by atomic mass is 9.87. The van der Waals surface area contributed by atoms with Gasteiger partial charge in [0.15, 0.2) is 8.24 Å². The summed E-state index contributed by atoms with van der Waals surface area (Å²) in [5, 5.41) is 0.741. The molecule has 1 fully saturated rings. The minimum Gasteiger partial charge on any atom is -0.410 e. The van der Waals surface area contributed by atoms with E-state index in [1.54, 1.807) is 5.56 Å². The zero-order valence-electron chi connectivity index (χ0n) is 15.0. The van der Waals surface area contributed by atoms with Crippen LogP contribution in [0.25, 0.3) is 0 Å². The second-order valence-corrected chi connectivity index (χ2v) is 13.7. The summed E-state index contributed by atoms with van der Waals surface area (Å²) in [6.45, 7) is 10.0. The van der Waals surface area contributed by atoms with E-state index in [0.717, 1.165) is 28.5 Å². The van der Waals surface area contributed by atoms with Crippen LogP contribution in [0.4, 0.5) is 5.69 Å². The Labute approximate surface area is 151 Å². The van der Waals surface area contributed by atoms with E-state index in [4.69, 9.17) is 0 Å². The van der Waals surface area contributed by atoms with Crippen LogP contribution in [-0.2, 0) is 0 Å². The Morgan fingerprint density at radius 1 is 0.875 bits per heavy atom. The molecule has 1 aliphatic heterocycles. The first kappa shape index (κ1) is 16.3. The zero-order valence-corrected chi connectivity index (χ0v) is 16.8. The Kier molecular flexibility index (Phi) is 4.04. The first-order valence-electron chi connectivity index (χ1n) is 9.08. The Morgan fingerprint density at radius 3 is 2.29 bits per heavy atom. The summed E-state index contributed by atoms with van der Waals surface area (Å²) in [7, 11) is -1.61. The topological polar surface area (TPSA) is 12.0 Å². The van der Waals surface area contributed by atoms with Gasteiger partial charge in [-0.1, -0.05) is 63.3 Å². The molecule has 0 bridgehead atoms. The number of anilines is 1. The Balaban J connectivity index is 1.66. The number of hydrogen-bond acceptors (Lipinski definition) is 2. The molecule has 1 saturated carbocycles. The van der Waals surface area contributed by atoms with Crippen molar-refractivity contribution in [3.63, 3.8) is 0 Å². The molecule has 5 unspecified atom stereocenters. The van der Waals surface area contributed by atoms with Crippen molar-refractivity contribution in [3.05, 3.63) is 60.2 Å². The minimum atomic E-state index is -1.61. The number of fused-ring (bicyclic) bond motifs is 3.